The SMILES string of the molecule is O=c1ccc2ncc(=O)n3c2n1CC3CN1CCC(NCc2cc3c(cn2)OCCO3)CC1. The number of hydrogen-bond acceptors (Lipinski definition) is 8. The van der Waals surface area contributed by atoms with Gasteiger partial charge in [-0.3, -0.25) is 23.7 Å². The molecule has 10 heteroatoms. The monoisotopic (exact) mass is 450 g/mol. The molecule has 172 valence electrons. The Kier molecular flexibility index (Phi) is 5.11. The Morgan fingerprint density at radius 3 is 2.67 bits per heavy atom. The van der Waals surface area contributed by atoms with Crippen molar-refractivity contribution in [3.8, 4) is 11.5 Å². The molecule has 0 aromatic carbocycles. The van der Waals surface area contributed by atoms with E-state index in [2.05, 4.69) is 20.2 Å². The number of nitrogens with one attached hydrogen (secondary N) is 1. The van der Waals surface area contributed by atoms with Crippen molar-refractivity contribution >= 4 is 11.2 Å². The number of pyridine rings is 2. The zero-order chi connectivity index (χ0) is 22.4. The zero-order valence-corrected chi connectivity index (χ0v) is 18.3. The molecule has 0 bridgehead atoms. The van der Waals surface area contributed by atoms with Gasteiger partial charge in [0.05, 0.1) is 24.1 Å². The summed E-state index contributed by atoms with van der Waals surface area (Å²) in [5.41, 5.74) is 2.04. The fourth-order valence-electron chi connectivity index (χ4n) is 5.12. The van der Waals surface area contributed by atoms with Crippen LogP contribution in [0.25, 0.3) is 11.2 Å². The summed E-state index contributed by atoms with van der Waals surface area (Å²) in [6, 6.07) is 5.53. The fraction of sp³-hybridized carbons (Fsp3) is 0.478. The summed E-state index contributed by atoms with van der Waals surface area (Å²) in [6.45, 7) is 4.97. The van der Waals surface area contributed by atoms with E-state index in [9.17, 15) is 9.59 Å². The smallest absolute Gasteiger partial charge is 0.270 e. The number of aromatic nitrogens is 4. The molecule has 1 saturated heterocycles. The first-order valence-electron chi connectivity index (χ1n) is 11.5. The van der Waals surface area contributed by atoms with E-state index in [1.54, 1.807) is 21.4 Å². The van der Waals surface area contributed by atoms with Gasteiger partial charge >= 0.3 is 0 Å². The Balaban J connectivity index is 1.06. The third kappa shape index (κ3) is 3.79. The van der Waals surface area contributed by atoms with E-state index in [-0.39, 0.29) is 17.2 Å². The molecule has 0 radical (unpaired) electrons. The summed E-state index contributed by atoms with van der Waals surface area (Å²) >= 11 is 0. The Hall–Kier alpha value is -3.24. The lowest BCUT2D eigenvalue weighted by atomic mass is 10.0. The number of fused-ring (bicyclic) bond motifs is 1. The third-order valence-corrected chi connectivity index (χ3v) is 6.79. The zero-order valence-electron chi connectivity index (χ0n) is 18.3. The van der Waals surface area contributed by atoms with Crippen LogP contribution in [-0.4, -0.2) is 62.9 Å². The Morgan fingerprint density at radius 2 is 1.82 bits per heavy atom. The van der Waals surface area contributed by atoms with Gasteiger partial charge in [0, 0.05) is 37.8 Å². The van der Waals surface area contributed by atoms with E-state index >= 15 is 0 Å². The van der Waals surface area contributed by atoms with E-state index in [0.717, 1.165) is 43.9 Å². The highest BCUT2D eigenvalue weighted by Gasteiger charge is 2.29. The van der Waals surface area contributed by atoms with E-state index in [1.807, 2.05) is 6.07 Å². The maximum atomic E-state index is 12.6. The lowest BCUT2D eigenvalue weighted by Gasteiger charge is -2.34. The average molecular weight is 450 g/mol. The van der Waals surface area contributed by atoms with Crippen LogP contribution in [0.5, 0.6) is 11.5 Å². The molecule has 3 aromatic heterocycles. The molecule has 1 unspecified atom stereocenters. The molecule has 0 spiro atoms. The Bertz CT molecular complexity index is 1310. The summed E-state index contributed by atoms with van der Waals surface area (Å²) in [7, 11) is 0. The summed E-state index contributed by atoms with van der Waals surface area (Å²) < 4.78 is 14.6. The summed E-state index contributed by atoms with van der Waals surface area (Å²) in [4.78, 5) is 36.0. The maximum absolute atomic E-state index is 12.6. The molecule has 0 amide bonds. The number of rotatable bonds is 5. The first-order chi connectivity index (χ1) is 16.2. The second kappa shape index (κ2) is 8.27. The lowest BCUT2D eigenvalue weighted by Crippen LogP contribution is -2.44. The van der Waals surface area contributed by atoms with Gasteiger partial charge in [0.1, 0.15) is 24.4 Å². The molecule has 3 aliphatic heterocycles. The number of piperidine rings is 1. The molecule has 0 saturated carbocycles. The van der Waals surface area contributed by atoms with Gasteiger partial charge in [-0.2, -0.15) is 0 Å². The van der Waals surface area contributed by atoms with Crippen LogP contribution in [0.3, 0.4) is 0 Å². The third-order valence-electron chi connectivity index (χ3n) is 6.79. The van der Waals surface area contributed by atoms with Crippen molar-refractivity contribution in [1.29, 1.82) is 0 Å². The Labute approximate surface area is 189 Å². The minimum absolute atomic E-state index is 0.0514. The van der Waals surface area contributed by atoms with Gasteiger partial charge in [-0.15, -0.1) is 0 Å². The molecule has 1 atom stereocenters. The van der Waals surface area contributed by atoms with Gasteiger partial charge in [-0.1, -0.05) is 0 Å². The second-order valence-electron chi connectivity index (χ2n) is 8.89. The van der Waals surface area contributed by atoms with Crippen molar-refractivity contribution in [1.82, 2.24) is 29.3 Å². The van der Waals surface area contributed by atoms with Crippen LogP contribution in [0.15, 0.2) is 40.2 Å². The highest BCUT2D eigenvalue weighted by Crippen LogP contribution is 2.29. The molecule has 3 aromatic rings. The van der Waals surface area contributed by atoms with Crippen LogP contribution in [0.4, 0.5) is 0 Å². The van der Waals surface area contributed by atoms with E-state index in [1.165, 1.54) is 12.3 Å². The summed E-state index contributed by atoms with van der Waals surface area (Å²) in [5, 5.41) is 3.61. The molecule has 1 N–H and O–H groups in total. The topological polar surface area (TPSA) is 104 Å². The molecule has 6 heterocycles. The molecule has 6 rings (SSSR count). The van der Waals surface area contributed by atoms with Gasteiger partial charge in [-0.25, -0.2) is 4.98 Å². The molecule has 0 aliphatic carbocycles. The van der Waals surface area contributed by atoms with Crippen molar-refractivity contribution in [3.63, 3.8) is 0 Å². The maximum Gasteiger partial charge on any atom is 0.270 e. The number of nitrogens with zero attached hydrogens (tertiary/aromatic N) is 5. The number of likely N-dealkylation sites (tertiary alicyclic amines) is 1. The molecule has 33 heavy (non-hydrogen) atoms. The Morgan fingerprint density at radius 1 is 1.00 bits per heavy atom. The molecule has 1 fully saturated rings. The first kappa shape index (κ1) is 20.4. The van der Waals surface area contributed by atoms with E-state index in [4.69, 9.17) is 9.47 Å². The number of ether oxygens (including phenoxy) is 2. The van der Waals surface area contributed by atoms with Crippen LogP contribution >= 0.6 is 0 Å². The van der Waals surface area contributed by atoms with E-state index in [0.29, 0.717) is 49.3 Å². The first-order valence-corrected chi connectivity index (χ1v) is 11.5. The van der Waals surface area contributed by atoms with Crippen molar-refractivity contribution < 1.29 is 9.47 Å². The van der Waals surface area contributed by atoms with Gasteiger partial charge < -0.3 is 19.7 Å². The lowest BCUT2D eigenvalue weighted by molar-refractivity contribution is 0.168. The molecule has 10 nitrogen and oxygen atoms in total. The van der Waals surface area contributed by atoms with Gasteiger partial charge in [0.2, 0.25) is 0 Å². The fourth-order valence-corrected chi connectivity index (χ4v) is 5.12. The van der Waals surface area contributed by atoms with Crippen LogP contribution < -0.4 is 25.9 Å². The van der Waals surface area contributed by atoms with Crippen LogP contribution in [0.1, 0.15) is 24.6 Å². The van der Waals surface area contributed by atoms with Crippen molar-refractivity contribution in [2.45, 2.75) is 38.0 Å². The van der Waals surface area contributed by atoms with Crippen molar-refractivity contribution in [3.05, 3.63) is 57.0 Å². The van der Waals surface area contributed by atoms with E-state index < -0.39 is 0 Å². The van der Waals surface area contributed by atoms with Crippen LogP contribution in [0.2, 0.25) is 0 Å². The van der Waals surface area contributed by atoms with Crippen LogP contribution in [-0.2, 0) is 13.1 Å². The highest BCUT2D eigenvalue weighted by molar-refractivity contribution is 5.71. The average Bonchev–Trinajstić information content (AvgIpc) is 3.23. The summed E-state index contributed by atoms with van der Waals surface area (Å²) in [6.07, 6.45) is 5.13. The van der Waals surface area contributed by atoms with Crippen LogP contribution in [0, 0.1) is 0 Å². The predicted octanol–water partition coefficient (Wildman–Crippen LogP) is 0.533. The number of hydrogen-bond donors (Lipinski definition) is 1. The van der Waals surface area contributed by atoms with Crippen molar-refractivity contribution in [2.75, 3.05) is 32.8 Å². The quantitative estimate of drug-likeness (QED) is 0.601. The molecular formula is C23H26N6O4. The van der Waals surface area contributed by atoms with Crippen molar-refractivity contribution in [2.24, 2.45) is 0 Å². The highest BCUT2D eigenvalue weighted by atomic mass is 16.6. The minimum atomic E-state index is -0.146. The predicted molar refractivity (Wildman–Crippen MR) is 121 cm³/mol. The normalized spacial score (nSPS) is 20.4. The largest absolute Gasteiger partial charge is 0.486 e. The van der Waals surface area contributed by atoms with Gasteiger partial charge in [0.25, 0.3) is 11.1 Å². The summed E-state index contributed by atoms with van der Waals surface area (Å²) in [5.74, 6) is 1.47. The standard InChI is InChI=1S/C23H26N6O4/c30-21-2-1-18-23-28(21)14-17(29(23)22(31)12-26-18)13-27-5-3-15(4-6-27)24-10-16-9-19-20(11-25-16)33-8-7-32-19/h1-2,9,11-12,15,17,24H,3-8,10,13-14H2. The van der Waals surface area contributed by atoms with Gasteiger partial charge in [0.15, 0.2) is 11.5 Å². The van der Waals surface area contributed by atoms with Gasteiger partial charge in [-0.05, 0) is 32.0 Å². The second-order valence-corrected chi connectivity index (χ2v) is 8.89. The minimum Gasteiger partial charge on any atom is -0.486 e. The molecular weight excluding hydrogens is 424 g/mol. The molecule has 3 aliphatic rings.